The number of esters is 1. The lowest BCUT2D eigenvalue weighted by molar-refractivity contribution is 0.0526. The number of benzene rings is 2. The maximum absolute atomic E-state index is 12.5. The third-order valence-corrected chi connectivity index (χ3v) is 4.62. The number of ether oxygens (including phenoxy) is 1. The number of carbonyl (C=O) groups excluding carboxylic acids is 1. The Bertz CT molecular complexity index is 1210. The van der Waals surface area contributed by atoms with Gasteiger partial charge in [-0.25, -0.2) is 9.59 Å². The predicted octanol–water partition coefficient (Wildman–Crippen LogP) is 3.00. The molecule has 31 heavy (non-hydrogen) atoms. The molecule has 3 aromatic rings. The Balaban J connectivity index is 2.01. The second kappa shape index (κ2) is 9.71. The highest BCUT2D eigenvalue weighted by Gasteiger charge is 2.19. The van der Waals surface area contributed by atoms with Crippen LogP contribution >= 0.6 is 0 Å². The average molecular weight is 421 g/mol. The van der Waals surface area contributed by atoms with Gasteiger partial charge >= 0.3 is 11.7 Å². The fraction of sp³-hybridized carbons (Fsp3) is 0.217. The molecule has 0 aliphatic heterocycles. The molecule has 1 heterocycles. The van der Waals surface area contributed by atoms with Crippen LogP contribution in [0.25, 0.3) is 0 Å². The Kier molecular flexibility index (Phi) is 6.81. The second-order valence-corrected chi connectivity index (χ2v) is 6.71. The molecular weight excluding hydrogens is 398 g/mol. The van der Waals surface area contributed by atoms with Gasteiger partial charge in [0.25, 0.3) is 5.56 Å². The lowest BCUT2D eigenvalue weighted by Crippen LogP contribution is -2.34. The normalized spacial score (nSPS) is 11.4. The van der Waals surface area contributed by atoms with Crippen molar-refractivity contribution in [2.75, 3.05) is 6.61 Å². The van der Waals surface area contributed by atoms with E-state index in [0.29, 0.717) is 23.4 Å². The molecular formula is C23H23N3O5. The number of H-pyrrole nitrogens is 1. The van der Waals surface area contributed by atoms with E-state index in [1.165, 1.54) is 0 Å². The molecule has 0 unspecified atom stereocenters. The fourth-order valence-corrected chi connectivity index (χ4v) is 3.09. The number of aromatic hydroxyl groups is 1. The van der Waals surface area contributed by atoms with Crippen LogP contribution in [-0.2, 0) is 11.3 Å². The maximum atomic E-state index is 12.5. The minimum atomic E-state index is -0.712. The minimum Gasteiger partial charge on any atom is -0.494 e. The summed E-state index contributed by atoms with van der Waals surface area (Å²) >= 11 is 0. The van der Waals surface area contributed by atoms with E-state index in [9.17, 15) is 19.5 Å². The van der Waals surface area contributed by atoms with Crippen LogP contribution in [0.1, 0.15) is 41.8 Å². The van der Waals surface area contributed by atoms with Crippen LogP contribution < -0.4 is 11.2 Å². The molecule has 2 aromatic carbocycles. The molecule has 1 aromatic heterocycles. The molecule has 0 amide bonds. The van der Waals surface area contributed by atoms with E-state index in [0.717, 1.165) is 10.1 Å². The first-order chi connectivity index (χ1) is 14.9. The molecule has 3 rings (SSSR count). The molecule has 0 saturated heterocycles. The van der Waals surface area contributed by atoms with Crippen LogP contribution in [0.4, 0.5) is 5.69 Å². The van der Waals surface area contributed by atoms with Gasteiger partial charge in [-0.2, -0.15) is 0 Å². The van der Waals surface area contributed by atoms with E-state index in [1.807, 2.05) is 30.3 Å². The van der Waals surface area contributed by atoms with E-state index >= 15 is 0 Å². The summed E-state index contributed by atoms with van der Waals surface area (Å²) in [6.45, 7) is 3.89. The first kappa shape index (κ1) is 21.8. The van der Waals surface area contributed by atoms with Gasteiger partial charge in [0.05, 0.1) is 30.1 Å². The number of carbonyl (C=O) groups is 1. The molecule has 0 bridgehead atoms. The van der Waals surface area contributed by atoms with Gasteiger partial charge in [-0.05, 0) is 43.2 Å². The number of hydrogen-bond donors (Lipinski definition) is 2. The first-order valence-corrected chi connectivity index (χ1v) is 9.89. The van der Waals surface area contributed by atoms with Gasteiger partial charge in [-0.1, -0.05) is 37.3 Å². The first-order valence-electron chi connectivity index (χ1n) is 9.89. The molecule has 160 valence electrons. The molecule has 2 N–H and O–H groups in total. The topological polar surface area (TPSA) is 114 Å². The Morgan fingerprint density at radius 2 is 1.74 bits per heavy atom. The van der Waals surface area contributed by atoms with Crippen LogP contribution in [0.3, 0.4) is 0 Å². The van der Waals surface area contributed by atoms with Gasteiger partial charge in [0.15, 0.2) is 0 Å². The molecule has 0 aliphatic rings. The van der Waals surface area contributed by atoms with Crippen LogP contribution in [-0.4, -0.2) is 32.9 Å². The molecule has 0 saturated carbocycles. The van der Waals surface area contributed by atoms with Crippen molar-refractivity contribution in [1.29, 1.82) is 0 Å². The quantitative estimate of drug-likeness (QED) is 0.450. The van der Waals surface area contributed by atoms with Crippen molar-refractivity contribution in [1.82, 2.24) is 9.55 Å². The van der Waals surface area contributed by atoms with Gasteiger partial charge < -0.3 is 9.84 Å². The van der Waals surface area contributed by atoms with Crippen molar-refractivity contribution in [2.45, 2.75) is 26.8 Å². The fourth-order valence-electron chi connectivity index (χ4n) is 3.09. The summed E-state index contributed by atoms with van der Waals surface area (Å²) in [5.74, 6) is -0.878. The monoisotopic (exact) mass is 421 g/mol. The van der Waals surface area contributed by atoms with Crippen molar-refractivity contribution in [3.63, 3.8) is 0 Å². The van der Waals surface area contributed by atoms with E-state index in [4.69, 9.17) is 4.74 Å². The Morgan fingerprint density at radius 3 is 2.35 bits per heavy atom. The van der Waals surface area contributed by atoms with Gasteiger partial charge in [-0.3, -0.25) is 19.3 Å². The van der Waals surface area contributed by atoms with Crippen molar-refractivity contribution in [3.8, 4) is 5.88 Å². The lowest BCUT2D eigenvalue weighted by Gasteiger charge is -2.12. The number of aliphatic imine (C=N–C) groups is 1. The van der Waals surface area contributed by atoms with Gasteiger partial charge in [-0.15, -0.1) is 0 Å². The van der Waals surface area contributed by atoms with Gasteiger partial charge in [0.1, 0.15) is 5.56 Å². The highest BCUT2D eigenvalue weighted by Crippen LogP contribution is 2.20. The zero-order valence-electron chi connectivity index (χ0n) is 17.3. The molecule has 0 atom stereocenters. The number of aromatic amines is 1. The molecule has 8 nitrogen and oxygen atoms in total. The summed E-state index contributed by atoms with van der Waals surface area (Å²) in [5, 5.41) is 10.8. The van der Waals surface area contributed by atoms with Gasteiger partial charge in [0, 0.05) is 0 Å². The van der Waals surface area contributed by atoms with E-state index in [1.54, 1.807) is 38.1 Å². The molecule has 0 spiro atoms. The summed E-state index contributed by atoms with van der Waals surface area (Å²) in [6, 6.07) is 15.5. The van der Waals surface area contributed by atoms with E-state index in [2.05, 4.69) is 9.98 Å². The van der Waals surface area contributed by atoms with Crippen LogP contribution in [0.5, 0.6) is 5.88 Å². The minimum absolute atomic E-state index is 0.0625. The SMILES string of the molecule is CCOC(=O)c1ccc(N=C(CC)c2c(O)n(Cc3ccccc3)c(=O)[nH]c2=O)cc1. The standard InChI is InChI=1S/C23H23N3O5/c1-3-18(24-17-12-10-16(11-13-17)22(29)31-4-2)19-20(27)25-23(30)26(21(19)28)14-15-8-6-5-7-9-15/h5-13,28H,3-4,14H2,1-2H3,(H,25,27,30). The highest BCUT2D eigenvalue weighted by atomic mass is 16.5. The Morgan fingerprint density at radius 1 is 1.06 bits per heavy atom. The number of aromatic nitrogens is 2. The highest BCUT2D eigenvalue weighted by molar-refractivity contribution is 6.03. The number of nitrogens with zero attached hydrogens (tertiary/aromatic N) is 2. The molecule has 0 radical (unpaired) electrons. The van der Waals surface area contributed by atoms with Crippen molar-refractivity contribution < 1.29 is 14.6 Å². The van der Waals surface area contributed by atoms with Crippen molar-refractivity contribution in [2.24, 2.45) is 4.99 Å². The van der Waals surface area contributed by atoms with E-state index < -0.39 is 23.1 Å². The predicted molar refractivity (Wildman–Crippen MR) is 117 cm³/mol. The second-order valence-electron chi connectivity index (χ2n) is 6.71. The van der Waals surface area contributed by atoms with Gasteiger partial charge in [0.2, 0.25) is 5.88 Å². The molecule has 0 aliphatic carbocycles. The van der Waals surface area contributed by atoms with Crippen LogP contribution in [0.15, 0.2) is 69.2 Å². The smallest absolute Gasteiger partial charge is 0.338 e. The number of nitrogens with one attached hydrogen (secondary N) is 1. The summed E-state index contributed by atoms with van der Waals surface area (Å²) in [4.78, 5) is 43.3. The average Bonchev–Trinajstić information content (AvgIpc) is 2.77. The largest absolute Gasteiger partial charge is 0.494 e. The van der Waals surface area contributed by atoms with Crippen LogP contribution in [0.2, 0.25) is 0 Å². The van der Waals surface area contributed by atoms with Crippen LogP contribution in [0, 0.1) is 0 Å². The maximum Gasteiger partial charge on any atom is 0.338 e. The molecule has 8 heteroatoms. The van der Waals surface area contributed by atoms with Crippen molar-refractivity contribution >= 4 is 17.4 Å². The Hall–Kier alpha value is -3.94. The lowest BCUT2D eigenvalue weighted by atomic mass is 10.1. The zero-order valence-corrected chi connectivity index (χ0v) is 17.3. The summed E-state index contributed by atoms with van der Waals surface area (Å²) < 4.78 is 6.06. The number of hydrogen-bond acceptors (Lipinski definition) is 6. The van der Waals surface area contributed by atoms with Crippen molar-refractivity contribution in [3.05, 3.63) is 92.1 Å². The summed E-state index contributed by atoms with van der Waals surface area (Å²) in [7, 11) is 0. The van der Waals surface area contributed by atoms with E-state index in [-0.39, 0.29) is 18.7 Å². The Labute approximate surface area is 178 Å². The summed E-state index contributed by atoms with van der Waals surface area (Å²) in [5.41, 5.74) is 0.500. The third kappa shape index (κ3) is 4.98. The zero-order chi connectivity index (χ0) is 22.4. The summed E-state index contributed by atoms with van der Waals surface area (Å²) in [6.07, 6.45) is 0.333. The third-order valence-electron chi connectivity index (χ3n) is 4.62. The molecule has 0 fully saturated rings. The number of rotatable bonds is 7.